The van der Waals surface area contributed by atoms with Gasteiger partial charge in [-0.3, -0.25) is 0 Å². The fourth-order valence-corrected chi connectivity index (χ4v) is 2.09. The number of hydrogen-bond acceptors (Lipinski definition) is 3. The average Bonchev–Trinajstić information content (AvgIpc) is 2.46. The molecule has 0 N–H and O–H groups in total. The van der Waals surface area contributed by atoms with Crippen LogP contribution >= 0.6 is 11.6 Å². The van der Waals surface area contributed by atoms with Gasteiger partial charge in [0, 0.05) is 12.7 Å². The Morgan fingerprint density at radius 1 is 1.00 bits per heavy atom. The van der Waals surface area contributed by atoms with Crippen LogP contribution in [0, 0.1) is 0 Å². The summed E-state index contributed by atoms with van der Waals surface area (Å²) in [6, 6.07) is 13.4. The molecule has 0 saturated carbocycles. The average molecular weight is 279 g/mol. The minimum absolute atomic E-state index is 0.135. The third-order valence-corrected chi connectivity index (χ3v) is 2.99. The summed E-state index contributed by atoms with van der Waals surface area (Å²) in [5.74, 6) is 1.21. The molecule has 0 atom stereocenters. The molecule has 0 aromatic heterocycles. The van der Waals surface area contributed by atoms with Gasteiger partial charge in [-0.15, -0.1) is 0 Å². The number of hydrogen-bond donors (Lipinski definition) is 0. The smallest absolute Gasteiger partial charge is 0.188 e. The van der Waals surface area contributed by atoms with E-state index < -0.39 is 0 Å². The molecule has 2 aromatic rings. The van der Waals surface area contributed by atoms with E-state index in [2.05, 4.69) is 0 Å². The van der Waals surface area contributed by atoms with E-state index in [4.69, 9.17) is 25.8 Å². The van der Waals surface area contributed by atoms with Gasteiger partial charge in [0.2, 0.25) is 0 Å². The van der Waals surface area contributed by atoms with E-state index in [1.807, 2.05) is 30.3 Å². The number of halogens is 1. The molecule has 0 unspecified atom stereocenters. The molecule has 0 aliphatic heterocycles. The van der Waals surface area contributed by atoms with Gasteiger partial charge >= 0.3 is 0 Å². The van der Waals surface area contributed by atoms with Crippen LogP contribution in [0.1, 0.15) is 0 Å². The number of benzene rings is 2. The van der Waals surface area contributed by atoms with Gasteiger partial charge in [0.25, 0.3) is 0 Å². The van der Waals surface area contributed by atoms with Crippen molar-refractivity contribution in [2.75, 3.05) is 21.0 Å². The molecule has 0 amide bonds. The summed E-state index contributed by atoms with van der Waals surface area (Å²) in [5.41, 5.74) is 1.77. The molecule has 0 fully saturated rings. The third kappa shape index (κ3) is 3.00. The van der Waals surface area contributed by atoms with Gasteiger partial charge in [0.15, 0.2) is 18.3 Å². The molecule has 100 valence electrons. The fraction of sp³-hybridized carbons (Fsp3) is 0.200. The summed E-state index contributed by atoms with van der Waals surface area (Å²) < 4.78 is 15.9. The van der Waals surface area contributed by atoms with Gasteiger partial charge in [0.05, 0.1) is 12.1 Å². The maximum absolute atomic E-state index is 6.30. The second-order valence-corrected chi connectivity index (χ2v) is 4.28. The van der Waals surface area contributed by atoms with Gasteiger partial charge in [-0.25, -0.2) is 0 Å². The van der Waals surface area contributed by atoms with Crippen molar-refractivity contribution in [3.63, 3.8) is 0 Å². The number of methoxy groups -OCH3 is 2. The molecule has 0 saturated heterocycles. The van der Waals surface area contributed by atoms with Crippen LogP contribution in [0.2, 0.25) is 5.02 Å². The number of ether oxygens (including phenoxy) is 3. The lowest BCUT2D eigenvalue weighted by molar-refractivity contribution is 0.0496. The SMILES string of the molecule is COCOc1c(OC)ccc(Cl)c1-c1ccccc1. The van der Waals surface area contributed by atoms with Gasteiger partial charge < -0.3 is 14.2 Å². The van der Waals surface area contributed by atoms with Gasteiger partial charge in [-0.2, -0.15) is 0 Å². The molecule has 0 spiro atoms. The van der Waals surface area contributed by atoms with Crippen LogP contribution in [-0.2, 0) is 4.74 Å². The van der Waals surface area contributed by atoms with Crippen LogP contribution in [0.5, 0.6) is 11.5 Å². The standard InChI is InChI=1S/C15H15ClO3/c1-17-10-19-15-13(18-2)9-8-12(16)14(15)11-6-4-3-5-7-11/h3-9H,10H2,1-2H3. The monoisotopic (exact) mass is 278 g/mol. The Balaban J connectivity index is 2.56. The highest BCUT2D eigenvalue weighted by atomic mass is 35.5. The zero-order valence-corrected chi connectivity index (χ0v) is 11.6. The minimum Gasteiger partial charge on any atom is -0.493 e. The van der Waals surface area contributed by atoms with Crippen LogP contribution in [-0.4, -0.2) is 21.0 Å². The summed E-state index contributed by atoms with van der Waals surface area (Å²) in [7, 11) is 3.16. The van der Waals surface area contributed by atoms with Gasteiger partial charge in [0.1, 0.15) is 0 Å². The molecule has 0 aliphatic rings. The van der Waals surface area contributed by atoms with Crippen molar-refractivity contribution in [1.29, 1.82) is 0 Å². The molecule has 0 aliphatic carbocycles. The van der Waals surface area contributed by atoms with Crippen molar-refractivity contribution in [2.24, 2.45) is 0 Å². The first kappa shape index (κ1) is 13.7. The van der Waals surface area contributed by atoms with Crippen molar-refractivity contribution in [3.05, 3.63) is 47.5 Å². The van der Waals surface area contributed by atoms with Crippen LogP contribution in [0.25, 0.3) is 11.1 Å². The van der Waals surface area contributed by atoms with Crippen molar-refractivity contribution in [1.82, 2.24) is 0 Å². The topological polar surface area (TPSA) is 27.7 Å². The quantitative estimate of drug-likeness (QED) is 0.774. The highest BCUT2D eigenvalue weighted by Crippen LogP contribution is 2.42. The van der Waals surface area contributed by atoms with Crippen molar-refractivity contribution in [3.8, 4) is 22.6 Å². The lowest BCUT2D eigenvalue weighted by atomic mass is 10.0. The van der Waals surface area contributed by atoms with E-state index in [9.17, 15) is 0 Å². The zero-order valence-electron chi connectivity index (χ0n) is 10.9. The van der Waals surface area contributed by atoms with Crippen LogP contribution in [0.15, 0.2) is 42.5 Å². The second kappa shape index (κ2) is 6.45. The molecule has 0 heterocycles. The molecule has 0 radical (unpaired) electrons. The first-order valence-corrected chi connectivity index (χ1v) is 6.19. The Labute approximate surface area is 117 Å². The van der Waals surface area contributed by atoms with E-state index in [1.54, 1.807) is 26.4 Å². The number of rotatable bonds is 5. The summed E-state index contributed by atoms with van der Waals surface area (Å²) in [4.78, 5) is 0. The van der Waals surface area contributed by atoms with Crippen molar-refractivity contribution in [2.45, 2.75) is 0 Å². The Bertz CT molecular complexity index is 541. The third-order valence-electron chi connectivity index (χ3n) is 2.67. The summed E-state index contributed by atoms with van der Waals surface area (Å²) >= 11 is 6.30. The first-order valence-electron chi connectivity index (χ1n) is 5.81. The first-order chi connectivity index (χ1) is 9.27. The normalized spacial score (nSPS) is 10.3. The molecule has 3 nitrogen and oxygen atoms in total. The summed E-state index contributed by atoms with van der Waals surface area (Å²) in [6.45, 7) is 0.135. The Morgan fingerprint density at radius 2 is 1.74 bits per heavy atom. The Morgan fingerprint density at radius 3 is 2.37 bits per heavy atom. The van der Waals surface area contributed by atoms with Gasteiger partial charge in [-0.05, 0) is 17.7 Å². The molecular weight excluding hydrogens is 264 g/mol. The molecule has 2 rings (SSSR count). The van der Waals surface area contributed by atoms with Gasteiger partial charge in [-0.1, -0.05) is 41.9 Å². The van der Waals surface area contributed by atoms with E-state index in [0.29, 0.717) is 16.5 Å². The zero-order chi connectivity index (χ0) is 13.7. The largest absolute Gasteiger partial charge is 0.493 e. The molecular formula is C15H15ClO3. The van der Waals surface area contributed by atoms with Crippen LogP contribution < -0.4 is 9.47 Å². The fourth-order valence-electron chi connectivity index (χ4n) is 1.84. The lowest BCUT2D eigenvalue weighted by Crippen LogP contribution is -2.02. The predicted octanol–water partition coefficient (Wildman–Crippen LogP) is 4.00. The minimum atomic E-state index is 0.135. The van der Waals surface area contributed by atoms with Crippen LogP contribution in [0.4, 0.5) is 0 Å². The molecule has 0 bridgehead atoms. The van der Waals surface area contributed by atoms with E-state index >= 15 is 0 Å². The van der Waals surface area contributed by atoms with Crippen molar-refractivity contribution >= 4 is 11.6 Å². The second-order valence-electron chi connectivity index (χ2n) is 3.87. The van der Waals surface area contributed by atoms with Crippen molar-refractivity contribution < 1.29 is 14.2 Å². The molecule has 4 heteroatoms. The van der Waals surface area contributed by atoms with E-state index in [-0.39, 0.29) is 6.79 Å². The predicted molar refractivity (Wildman–Crippen MR) is 75.9 cm³/mol. The van der Waals surface area contributed by atoms with E-state index in [1.165, 1.54) is 0 Å². The maximum atomic E-state index is 6.30. The molecule has 19 heavy (non-hydrogen) atoms. The lowest BCUT2D eigenvalue weighted by Gasteiger charge is -2.16. The maximum Gasteiger partial charge on any atom is 0.188 e. The summed E-state index contributed by atoms with van der Waals surface area (Å²) in [6.07, 6.45) is 0. The highest BCUT2D eigenvalue weighted by Gasteiger charge is 2.16. The Kier molecular flexibility index (Phi) is 4.66. The summed E-state index contributed by atoms with van der Waals surface area (Å²) in [5, 5.41) is 0.609. The van der Waals surface area contributed by atoms with E-state index in [0.717, 1.165) is 11.1 Å². The molecule has 2 aromatic carbocycles. The Hall–Kier alpha value is -1.71. The van der Waals surface area contributed by atoms with Crippen LogP contribution in [0.3, 0.4) is 0 Å². The highest BCUT2D eigenvalue weighted by molar-refractivity contribution is 6.33.